The highest BCUT2D eigenvalue weighted by molar-refractivity contribution is 7.98. The topological polar surface area (TPSA) is 70.0 Å². The number of halogens is 1. The average Bonchev–Trinajstić information content (AvgIpc) is 3.37. The Labute approximate surface area is 168 Å². The Hall–Kier alpha value is -3.46. The standard InChI is InChI=1S/C20H15FN6OS/c1-25-18(28)15-7-2-3-8-16(15)27-17(23-24-19(25)27)12-29-20-22-9-10-26(20)14-6-4-5-13(21)11-14/h2-11H,12H2,1H3. The zero-order chi connectivity index (χ0) is 20.0. The highest BCUT2D eigenvalue weighted by Crippen LogP contribution is 2.25. The molecule has 0 saturated heterocycles. The van der Waals surface area contributed by atoms with E-state index in [0.29, 0.717) is 33.6 Å². The Morgan fingerprint density at radius 2 is 1.97 bits per heavy atom. The molecular weight excluding hydrogens is 391 g/mol. The second-order valence-corrected chi connectivity index (χ2v) is 7.42. The third-order valence-electron chi connectivity index (χ3n) is 4.72. The second kappa shape index (κ2) is 6.85. The molecule has 29 heavy (non-hydrogen) atoms. The van der Waals surface area contributed by atoms with Gasteiger partial charge in [0.25, 0.3) is 5.56 Å². The molecule has 7 nitrogen and oxygen atoms in total. The fourth-order valence-corrected chi connectivity index (χ4v) is 4.22. The minimum atomic E-state index is -0.303. The quantitative estimate of drug-likeness (QED) is 0.429. The first-order chi connectivity index (χ1) is 14.1. The number of para-hydroxylation sites is 1. The van der Waals surface area contributed by atoms with Gasteiger partial charge in [-0.15, -0.1) is 10.2 Å². The summed E-state index contributed by atoms with van der Waals surface area (Å²) in [5, 5.41) is 9.82. The van der Waals surface area contributed by atoms with Crippen molar-refractivity contribution in [2.45, 2.75) is 10.9 Å². The second-order valence-electron chi connectivity index (χ2n) is 6.48. The molecule has 0 aliphatic heterocycles. The van der Waals surface area contributed by atoms with Crippen molar-refractivity contribution >= 4 is 28.4 Å². The molecule has 0 amide bonds. The monoisotopic (exact) mass is 406 g/mol. The lowest BCUT2D eigenvalue weighted by molar-refractivity contribution is 0.626. The van der Waals surface area contributed by atoms with E-state index >= 15 is 0 Å². The highest BCUT2D eigenvalue weighted by atomic mass is 32.2. The number of benzene rings is 2. The van der Waals surface area contributed by atoms with Crippen LogP contribution in [0, 0.1) is 5.82 Å². The van der Waals surface area contributed by atoms with E-state index in [4.69, 9.17) is 0 Å². The Bertz CT molecular complexity index is 1420. The molecular formula is C20H15FN6OS. The molecule has 0 radical (unpaired) electrons. The Morgan fingerprint density at radius 3 is 2.83 bits per heavy atom. The zero-order valence-corrected chi connectivity index (χ0v) is 16.2. The van der Waals surface area contributed by atoms with Crippen LogP contribution in [0.3, 0.4) is 0 Å². The van der Waals surface area contributed by atoms with E-state index in [1.54, 1.807) is 31.6 Å². The van der Waals surface area contributed by atoms with E-state index < -0.39 is 0 Å². The summed E-state index contributed by atoms with van der Waals surface area (Å²) in [4.78, 5) is 16.9. The number of nitrogens with zero attached hydrogens (tertiary/aromatic N) is 6. The summed E-state index contributed by atoms with van der Waals surface area (Å²) in [7, 11) is 1.69. The van der Waals surface area contributed by atoms with Gasteiger partial charge in [-0.25, -0.2) is 9.37 Å². The van der Waals surface area contributed by atoms with E-state index in [-0.39, 0.29) is 11.4 Å². The van der Waals surface area contributed by atoms with Gasteiger partial charge in [0.15, 0.2) is 5.16 Å². The van der Waals surface area contributed by atoms with Crippen LogP contribution in [0.2, 0.25) is 0 Å². The van der Waals surface area contributed by atoms with Crippen molar-refractivity contribution in [3.63, 3.8) is 0 Å². The van der Waals surface area contributed by atoms with Crippen molar-refractivity contribution in [3.8, 4) is 5.69 Å². The van der Waals surface area contributed by atoms with Crippen molar-refractivity contribution in [1.82, 2.24) is 28.7 Å². The SMILES string of the molecule is Cn1c(=O)c2ccccc2n2c(CSc3nccn3-c3cccc(F)c3)nnc12. The molecule has 0 atom stereocenters. The van der Waals surface area contributed by atoms with Crippen LogP contribution in [0.25, 0.3) is 22.4 Å². The largest absolute Gasteiger partial charge is 0.295 e. The Kier molecular flexibility index (Phi) is 4.17. The normalized spacial score (nSPS) is 11.5. The minimum absolute atomic E-state index is 0.110. The maximum absolute atomic E-state index is 13.6. The van der Waals surface area contributed by atoms with Crippen LogP contribution in [0.1, 0.15) is 5.82 Å². The molecule has 0 bridgehead atoms. The van der Waals surface area contributed by atoms with Crippen molar-refractivity contribution in [2.24, 2.45) is 7.05 Å². The third-order valence-corrected chi connectivity index (χ3v) is 5.68. The number of aromatic nitrogens is 6. The number of rotatable bonds is 4. The summed E-state index contributed by atoms with van der Waals surface area (Å²) < 4.78 is 18.8. The Morgan fingerprint density at radius 1 is 1.10 bits per heavy atom. The number of fused-ring (bicyclic) bond motifs is 3. The smallest absolute Gasteiger partial charge is 0.262 e. The summed E-state index contributed by atoms with van der Waals surface area (Å²) in [6.45, 7) is 0. The van der Waals surface area contributed by atoms with Crippen LogP contribution in [0.5, 0.6) is 0 Å². The van der Waals surface area contributed by atoms with Gasteiger partial charge in [0.05, 0.1) is 22.3 Å². The van der Waals surface area contributed by atoms with Crippen molar-refractivity contribution in [1.29, 1.82) is 0 Å². The summed E-state index contributed by atoms with van der Waals surface area (Å²) in [6, 6.07) is 13.8. The number of thioether (sulfide) groups is 1. The Balaban J connectivity index is 1.55. The fourth-order valence-electron chi connectivity index (χ4n) is 3.33. The third kappa shape index (κ3) is 2.90. The van der Waals surface area contributed by atoms with Gasteiger partial charge in [0.2, 0.25) is 5.78 Å². The molecule has 3 aromatic heterocycles. The molecule has 9 heteroatoms. The first-order valence-electron chi connectivity index (χ1n) is 8.87. The van der Waals surface area contributed by atoms with Gasteiger partial charge in [0.1, 0.15) is 11.6 Å². The molecule has 5 rings (SSSR count). The van der Waals surface area contributed by atoms with Crippen LogP contribution >= 0.6 is 11.8 Å². The molecule has 3 heterocycles. The highest BCUT2D eigenvalue weighted by Gasteiger charge is 2.16. The number of hydrogen-bond donors (Lipinski definition) is 0. The van der Waals surface area contributed by atoms with Crippen LogP contribution < -0.4 is 5.56 Å². The fraction of sp³-hybridized carbons (Fsp3) is 0.100. The van der Waals surface area contributed by atoms with Crippen LogP contribution in [-0.2, 0) is 12.8 Å². The molecule has 0 spiro atoms. The summed E-state index contributed by atoms with van der Waals surface area (Å²) >= 11 is 1.46. The van der Waals surface area contributed by atoms with Gasteiger partial charge in [-0.3, -0.25) is 18.3 Å². The van der Waals surface area contributed by atoms with Crippen molar-refractivity contribution in [2.75, 3.05) is 0 Å². The first-order valence-corrected chi connectivity index (χ1v) is 9.86. The predicted molar refractivity (Wildman–Crippen MR) is 109 cm³/mol. The molecule has 0 unspecified atom stereocenters. The number of hydrogen-bond acceptors (Lipinski definition) is 5. The van der Waals surface area contributed by atoms with E-state index in [0.717, 1.165) is 5.52 Å². The van der Waals surface area contributed by atoms with Crippen LogP contribution in [0.4, 0.5) is 4.39 Å². The molecule has 0 aliphatic carbocycles. The van der Waals surface area contributed by atoms with E-state index in [1.165, 1.54) is 28.5 Å². The van der Waals surface area contributed by atoms with Gasteiger partial charge in [0, 0.05) is 19.4 Å². The molecule has 2 aromatic carbocycles. The van der Waals surface area contributed by atoms with E-state index in [2.05, 4.69) is 15.2 Å². The van der Waals surface area contributed by atoms with E-state index in [1.807, 2.05) is 33.2 Å². The number of imidazole rings is 1. The molecule has 0 aliphatic rings. The summed E-state index contributed by atoms with van der Waals surface area (Å²) in [5.74, 6) is 1.36. The first kappa shape index (κ1) is 17.6. The van der Waals surface area contributed by atoms with Gasteiger partial charge < -0.3 is 0 Å². The molecule has 0 N–H and O–H groups in total. The molecule has 0 saturated carbocycles. The number of aryl methyl sites for hydroxylation is 1. The van der Waals surface area contributed by atoms with Crippen molar-refractivity contribution in [3.05, 3.63) is 82.9 Å². The maximum Gasteiger partial charge on any atom is 0.262 e. The molecule has 144 valence electrons. The predicted octanol–water partition coefficient (Wildman–Crippen LogP) is 3.20. The molecule has 5 aromatic rings. The summed E-state index contributed by atoms with van der Waals surface area (Å²) in [6.07, 6.45) is 3.46. The summed E-state index contributed by atoms with van der Waals surface area (Å²) in [5.41, 5.74) is 1.35. The van der Waals surface area contributed by atoms with Crippen molar-refractivity contribution < 1.29 is 4.39 Å². The van der Waals surface area contributed by atoms with Gasteiger partial charge in [-0.05, 0) is 30.3 Å². The van der Waals surface area contributed by atoms with Gasteiger partial charge in [-0.1, -0.05) is 30.0 Å². The van der Waals surface area contributed by atoms with Gasteiger partial charge in [-0.2, -0.15) is 0 Å². The minimum Gasteiger partial charge on any atom is -0.295 e. The van der Waals surface area contributed by atoms with Gasteiger partial charge >= 0.3 is 0 Å². The lowest BCUT2D eigenvalue weighted by atomic mass is 10.2. The lowest BCUT2D eigenvalue weighted by Gasteiger charge is -2.09. The van der Waals surface area contributed by atoms with Crippen LogP contribution in [-0.4, -0.2) is 28.7 Å². The van der Waals surface area contributed by atoms with E-state index in [9.17, 15) is 9.18 Å². The maximum atomic E-state index is 13.6. The average molecular weight is 406 g/mol. The van der Waals surface area contributed by atoms with Crippen LogP contribution in [0.15, 0.2) is 70.9 Å². The molecule has 0 fully saturated rings. The lowest BCUT2D eigenvalue weighted by Crippen LogP contribution is -2.20. The zero-order valence-electron chi connectivity index (χ0n) is 15.4.